The zero-order chi connectivity index (χ0) is 25.4. The first-order valence-electron chi connectivity index (χ1n) is 10.4. The summed E-state index contributed by atoms with van der Waals surface area (Å²) >= 11 is 1.34. The zero-order valence-electron chi connectivity index (χ0n) is 18.8. The average Bonchev–Trinajstić information content (AvgIpc) is 3.26. The third-order valence-electron chi connectivity index (χ3n) is 5.18. The molecule has 1 heterocycles. The fourth-order valence-corrected chi connectivity index (χ4v) is 5.59. The van der Waals surface area contributed by atoms with Crippen molar-refractivity contribution in [2.45, 2.75) is 0 Å². The van der Waals surface area contributed by atoms with E-state index >= 15 is 0 Å². The van der Waals surface area contributed by atoms with Crippen LogP contribution in [0.5, 0.6) is 0 Å². The van der Waals surface area contributed by atoms with Gasteiger partial charge in [0.1, 0.15) is 0 Å². The van der Waals surface area contributed by atoms with Gasteiger partial charge in [0.05, 0.1) is 52.9 Å². The third kappa shape index (κ3) is 5.38. The minimum Gasteiger partial charge on any atom is -0.382 e. The van der Waals surface area contributed by atoms with Gasteiger partial charge >= 0.3 is 0 Å². The van der Waals surface area contributed by atoms with Crippen molar-refractivity contribution < 1.29 is 34.8 Å². The van der Waals surface area contributed by atoms with Gasteiger partial charge in [0.25, 0.3) is 20.2 Å². The Balaban J connectivity index is 1.81. The molecule has 0 radical (unpaired) electrons. The van der Waals surface area contributed by atoms with Gasteiger partial charge < -0.3 is 10.6 Å². The molecule has 0 aliphatic heterocycles. The molecule has 2 N–H and O–H groups in total. The van der Waals surface area contributed by atoms with Crippen molar-refractivity contribution in [3.05, 3.63) is 58.0 Å². The molecule has 1 aromatic heterocycles. The number of carbonyl (C=O) groups is 2. The van der Waals surface area contributed by atoms with E-state index in [1.54, 1.807) is 35.7 Å². The van der Waals surface area contributed by atoms with Gasteiger partial charge in [-0.25, -0.2) is 0 Å². The number of hydrogen-bond donors (Lipinski definition) is 2. The topological polar surface area (TPSA) is 145 Å². The van der Waals surface area contributed by atoms with Crippen LogP contribution in [0, 0.1) is 0 Å². The highest BCUT2D eigenvalue weighted by molar-refractivity contribution is 7.86. The van der Waals surface area contributed by atoms with Crippen LogP contribution in [0.15, 0.2) is 35.7 Å². The average molecular weight is 539 g/mol. The third-order valence-corrected chi connectivity index (χ3v) is 7.31. The number of nitrogens with one attached hydrogen (secondary N) is 2. The Hall–Kier alpha value is -2.84. The van der Waals surface area contributed by atoms with E-state index in [1.807, 2.05) is 0 Å². The molecule has 0 bridgehead atoms. The van der Waals surface area contributed by atoms with Crippen molar-refractivity contribution in [3.63, 3.8) is 0 Å². The molecule has 0 amide bonds. The lowest BCUT2D eigenvalue weighted by Crippen LogP contribution is -2.26. The summed E-state index contributed by atoms with van der Waals surface area (Å²) in [4.78, 5) is 27.2. The van der Waals surface area contributed by atoms with Crippen LogP contribution in [-0.2, 0) is 28.6 Å². The summed E-state index contributed by atoms with van der Waals surface area (Å²) in [5.41, 5.74) is 1.66. The Kier molecular flexibility index (Phi) is 6.97. The highest BCUT2D eigenvalue weighted by Crippen LogP contribution is 2.45. The number of thiophene rings is 1. The van der Waals surface area contributed by atoms with E-state index in [0.717, 1.165) is 12.5 Å². The molecule has 4 rings (SSSR count). The molecule has 35 heavy (non-hydrogen) atoms. The van der Waals surface area contributed by atoms with E-state index in [0.29, 0.717) is 21.5 Å². The number of hydrogen-bond acceptors (Lipinski definition) is 11. The first kappa shape index (κ1) is 25.3. The lowest BCUT2D eigenvalue weighted by atomic mass is 9.81. The molecule has 0 saturated heterocycles. The molecule has 186 valence electrons. The van der Waals surface area contributed by atoms with Gasteiger partial charge in [0.15, 0.2) is 11.6 Å². The summed E-state index contributed by atoms with van der Waals surface area (Å²) in [6, 6.07) is 8.30. The SMILES string of the molecule is CS(=O)(=O)OCCNc1c2c(c(NCCOS(C)(=O)=O)c3sccc13)C(=O)c1ccccc1C2=O. The molecule has 0 fully saturated rings. The van der Waals surface area contributed by atoms with Gasteiger partial charge in [0, 0.05) is 29.6 Å². The Morgan fingerprint density at radius 3 is 1.77 bits per heavy atom. The van der Waals surface area contributed by atoms with Crippen LogP contribution < -0.4 is 10.6 Å². The fraction of sp³-hybridized carbons (Fsp3) is 0.273. The second-order valence-electron chi connectivity index (χ2n) is 7.77. The zero-order valence-corrected chi connectivity index (χ0v) is 21.2. The van der Waals surface area contributed by atoms with E-state index in [1.165, 1.54) is 11.3 Å². The molecule has 1 aliphatic rings. The summed E-state index contributed by atoms with van der Waals surface area (Å²) < 4.78 is 55.5. The van der Waals surface area contributed by atoms with Crippen molar-refractivity contribution in [2.75, 3.05) is 49.4 Å². The molecule has 3 aromatic rings. The summed E-state index contributed by atoms with van der Waals surface area (Å²) in [6.07, 6.45) is 1.89. The predicted molar refractivity (Wildman–Crippen MR) is 134 cm³/mol. The molecule has 0 saturated carbocycles. The van der Waals surface area contributed by atoms with Gasteiger partial charge in [-0.05, 0) is 11.4 Å². The minimum atomic E-state index is -3.64. The Morgan fingerprint density at radius 2 is 1.26 bits per heavy atom. The summed E-state index contributed by atoms with van der Waals surface area (Å²) in [5.74, 6) is -0.710. The first-order chi connectivity index (χ1) is 16.5. The van der Waals surface area contributed by atoms with E-state index in [9.17, 15) is 26.4 Å². The highest BCUT2D eigenvalue weighted by atomic mass is 32.2. The molecule has 10 nitrogen and oxygen atoms in total. The normalized spacial score (nSPS) is 13.5. The van der Waals surface area contributed by atoms with Crippen LogP contribution in [0.4, 0.5) is 11.4 Å². The van der Waals surface area contributed by atoms with E-state index in [-0.39, 0.29) is 60.1 Å². The van der Waals surface area contributed by atoms with Crippen molar-refractivity contribution in [2.24, 2.45) is 0 Å². The molecular formula is C22H22N2O8S3. The van der Waals surface area contributed by atoms with Gasteiger partial charge in [-0.3, -0.25) is 18.0 Å². The first-order valence-corrected chi connectivity index (χ1v) is 14.9. The van der Waals surface area contributed by atoms with E-state index in [2.05, 4.69) is 10.6 Å². The largest absolute Gasteiger partial charge is 0.382 e. The quantitative estimate of drug-likeness (QED) is 0.175. The maximum absolute atomic E-state index is 13.6. The van der Waals surface area contributed by atoms with Gasteiger partial charge in [-0.1, -0.05) is 24.3 Å². The number of carbonyl (C=O) groups excluding carboxylic acids is 2. The lowest BCUT2D eigenvalue weighted by Gasteiger charge is -2.25. The Bertz CT molecular complexity index is 1430. The standard InChI is InChI=1S/C22H22N2O8S3/c1-34(27,28)31-10-8-23-18-15-7-12-33-22(15)19(24-9-11-32-35(2,29)30)17-16(18)20(25)13-5-3-4-6-14(13)21(17)26/h3-7,12,23-24H,8-11H2,1-2H3. The van der Waals surface area contributed by atoms with Crippen molar-refractivity contribution in [3.8, 4) is 0 Å². The lowest BCUT2D eigenvalue weighted by molar-refractivity contribution is 0.0980. The molecule has 13 heteroatoms. The molecular weight excluding hydrogens is 516 g/mol. The maximum atomic E-state index is 13.6. The predicted octanol–water partition coefficient (Wildman–Crippen LogP) is 2.45. The summed E-state index contributed by atoms with van der Waals surface area (Å²) in [5, 5.41) is 8.62. The van der Waals surface area contributed by atoms with Crippen LogP contribution in [0.2, 0.25) is 0 Å². The second-order valence-corrected chi connectivity index (χ2v) is 12.0. The van der Waals surface area contributed by atoms with Crippen LogP contribution >= 0.6 is 11.3 Å². The fourth-order valence-electron chi connectivity index (χ4n) is 3.89. The molecule has 0 unspecified atom stereocenters. The highest BCUT2D eigenvalue weighted by Gasteiger charge is 2.36. The minimum absolute atomic E-state index is 0.0720. The summed E-state index contributed by atoms with van der Waals surface area (Å²) in [7, 11) is -7.28. The Labute approximate surface area is 206 Å². The number of benzene rings is 2. The molecule has 1 aliphatic carbocycles. The van der Waals surface area contributed by atoms with Crippen LogP contribution in [0.25, 0.3) is 10.1 Å². The Morgan fingerprint density at radius 1 is 0.771 bits per heavy atom. The van der Waals surface area contributed by atoms with Crippen molar-refractivity contribution in [1.82, 2.24) is 0 Å². The number of ketones is 2. The van der Waals surface area contributed by atoms with E-state index < -0.39 is 20.2 Å². The number of anilines is 2. The van der Waals surface area contributed by atoms with Gasteiger partial charge in [-0.2, -0.15) is 16.8 Å². The van der Waals surface area contributed by atoms with Crippen LogP contribution in [-0.4, -0.2) is 67.2 Å². The molecule has 0 atom stereocenters. The van der Waals surface area contributed by atoms with Crippen LogP contribution in [0.3, 0.4) is 0 Å². The number of rotatable bonds is 10. The van der Waals surface area contributed by atoms with Gasteiger partial charge in [0.2, 0.25) is 0 Å². The maximum Gasteiger partial charge on any atom is 0.264 e. The van der Waals surface area contributed by atoms with Crippen LogP contribution in [0.1, 0.15) is 31.8 Å². The monoisotopic (exact) mass is 538 g/mol. The van der Waals surface area contributed by atoms with E-state index in [4.69, 9.17) is 8.37 Å². The second kappa shape index (κ2) is 9.66. The van der Waals surface area contributed by atoms with Crippen molar-refractivity contribution in [1.29, 1.82) is 0 Å². The smallest absolute Gasteiger partial charge is 0.264 e. The summed E-state index contributed by atoms with van der Waals surface area (Å²) in [6.45, 7) is -0.185. The molecule has 2 aromatic carbocycles. The van der Waals surface area contributed by atoms with Gasteiger partial charge in [-0.15, -0.1) is 11.3 Å². The van der Waals surface area contributed by atoms with Crippen molar-refractivity contribution >= 4 is 64.6 Å². The number of fused-ring (bicyclic) bond motifs is 3. The molecule has 0 spiro atoms.